The maximum Gasteiger partial charge on any atom is 0.331 e. The van der Waals surface area contributed by atoms with Crippen LogP contribution >= 0.6 is 0 Å². The van der Waals surface area contributed by atoms with Gasteiger partial charge in [0.1, 0.15) is 6.54 Å². The molecule has 0 unspecified atom stereocenters. The van der Waals surface area contributed by atoms with Gasteiger partial charge in [0.05, 0.1) is 10.9 Å². The zero-order valence-corrected chi connectivity index (χ0v) is 21.7. The number of hydrogen-bond donors (Lipinski definition) is 2. The summed E-state index contributed by atoms with van der Waals surface area (Å²) in [4.78, 5) is 52.6. The Balaban J connectivity index is 1.43. The number of amides is 2. The first-order chi connectivity index (χ1) is 18.9. The van der Waals surface area contributed by atoms with Gasteiger partial charge in [0.25, 0.3) is 11.5 Å². The van der Waals surface area contributed by atoms with Crippen molar-refractivity contribution in [2.24, 2.45) is 0 Å². The SMILES string of the molecule is C=CCCn1c(=O)c2ccc(C(=O)NCc3ccc4c(c3)OCO4)cc2n(CC(=O)NC2CCCCC2)c1=O. The van der Waals surface area contributed by atoms with Gasteiger partial charge in [0, 0.05) is 24.7 Å². The fourth-order valence-corrected chi connectivity index (χ4v) is 5.13. The molecule has 0 radical (unpaired) electrons. The smallest absolute Gasteiger partial charge is 0.331 e. The molecule has 3 aromatic rings. The number of nitrogens with zero attached hydrogens (tertiary/aromatic N) is 2. The Bertz CT molecular complexity index is 1530. The lowest BCUT2D eigenvalue weighted by atomic mass is 9.95. The van der Waals surface area contributed by atoms with Crippen LogP contribution in [0.5, 0.6) is 11.5 Å². The summed E-state index contributed by atoms with van der Waals surface area (Å²) in [6.45, 7) is 3.99. The third kappa shape index (κ3) is 5.74. The monoisotopic (exact) mass is 532 g/mol. The predicted octanol–water partition coefficient (Wildman–Crippen LogP) is 2.85. The first-order valence-electron chi connectivity index (χ1n) is 13.3. The second-order valence-corrected chi connectivity index (χ2v) is 9.91. The van der Waals surface area contributed by atoms with Crippen LogP contribution in [0.25, 0.3) is 10.9 Å². The molecule has 0 spiro atoms. The molecular formula is C29H32N4O6. The average Bonchev–Trinajstić information content (AvgIpc) is 3.42. The number of hydrogen-bond acceptors (Lipinski definition) is 6. The molecule has 2 amide bonds. The molecule has 10 nitrogen and oxygen atoms in total. The second kappa shape index (κ2) is 11.6. The van der Waals surface area contributed by atoms with Crippen molar-refractivity contribution >= 4 is 22.7 Å². The quantitative estimate of drug-likeness (QED) is 0.409. The highest BCUT2D eigenvalue weighted by Crippen LogP contribution is 2.32. The molecule has 10 heteroatoms. The lowest BCUT2D eigenvalue weighted by molar-refractivity contribution is -0.122. The molecule has 1 aliphatic heterocycles. The summed E-state index contributed by atoms with van der Waals surface area (Å²) in [5.74, 6) is 0.604. The van der Waals surface area contributed by atoms with Crippen LogP contribution in [0.4, 0.5) is 0 Å². The van der Waals surface area contributed by atoms with Crippen molar-refractivity contribution in [2.75, 3.05) is 6.79 Å². The first kappa shape index (κ1) is 26.3. The molecule has 1 fully saturated rings. The maximum absolute atomic E-state index is 13.4. The molecule has 1 saturated carbocycles. The standard InChI is InChI=1S/C29H32N4O6/c1-2-3-13-32-28(36)22-11-10-20(27(35)30-16-19-9-12-24-25(14-19)39-18-38-24)15-23(22)33(29(32)37)17-26(34)31-21-7-5-4-6-8-21/h2,9-12,14-15,21H,1,3-8,13,16-18H2,(H,30,35)(H,31,34). The molecule has 0 atom stereocenters. The van der Waals surface area contributed by atoms with Crippen LogP contribution in [0.15, 0.2) is 58.6 Å². The second-order valence-electron chi connectivity index (χ2n) is 9.91. The molecule has 1 aliphatic carbocycles. The Morgan fingerprint density at radius 3 is 2.59 bits per heavy atom. The molecular weight excluding hydrogens is 500 g/mol. The summed E-state index contributed by atoms with van der Waals surface area (Å²) >= 11 is 0. The van der Waals surface area contributed by atoms with Gasteiger partial charge in [-0.05, 0) is 55.2 Å². The third-order valence-corrected chi connectivity index (χ3v) is 7.21. The Labute approximate surface area is 225 Å². The molecule has 0 bridgehead atoms. The van der Waals surface area contributed by atoms with Crippen LogP contribution in [0, 0.1) is 0 Å². The van der Waals surface area contributed by atoms with Crippen LogP contribution in [0.1, 0.15) is 54.4 Å². The minimum atomic E-state index is -0.592. The lowest BCUT2D eigenvalue weighted by Crippen LogP contribution is -2.44. The number of nitrogens with one attached hydrogen (secondary N) is 2. The Morgan fingerprint density at radius 1 is 1.00 bits per heavy atom. The van der Waals surface area contributed by atoms with Crippen LogP contribution in [-0.4, -0.2) is 33.8 Å². The number of carbonyl (C=O) groups excluding carboxylic acids is 2. The van der Waals surface area contributed by atoms with E-state index in [9.17, 15) is 19.2 Å². The Morgan fingerprint density at radius 2 is 1.79 bits per heavy atom. The topological polar surface area (TPSA) is 121 Å². The highest BCUT2D eigenvalue weighted by Gasteiger charge is 2.20. The van der Waals surface area contributed by atoms with E-state index in [1.807, 2.05) is 6.07 Å². The van der Waals surface area contributed by atoms with Gasteiger partial charge >= 0.3 is 5.69 Å². The van der Waals surface area contributed by atoms with E-state index < -0.39 is 11.2 Å². The van der Waals surface area contributed by atoms with Gasteiger partial charge in [0.2, 0.25) is 12.7 Å². The first-order valence-corrected chi connectivity index (χ1v) is 13.3. The van der Waals surface area contributed by atoms with Gasteiger partial charge in [-0.3, -0.25) is 23.5 Å². The zero-order valence-electron chi connectivity index (χ0n) is 21.7. The minimum Gasteiger partial charge on any atom is -0.454 e. The molecule has 2 heterocycles. The summed E-state index contributed by atoms with van der Waals surface area (Å²) < 4.78 is 13.1. The Hall–Kier alpha value is -4.34. The highest BCUT2D eigenvalue weighted by molar-refractivity contribution is 5.98. The average molecular weight is 533 g/mol. The molecule has 1 aromatic heterocycles. The summed E-state index contributed by atoms with van der Waals surface area (Å²) in [5, 5.41) is 6.15. The number of ether oxygens (including phenoxy) is 2. The molecule has 2 aromatic carbocycles. The van der Waals surface area contributed by atoms with E-state index in [2.05, 4.69) is 17.2 Å². The molecule has 204 valence electrons. The van der Waals surface area contributed by atoms with Crippen LogP contribution in [-0.2, 0) is 24.4 Å². The van der Waals surface area contributed by atoms with Crippen LogP contribution < -0.4 is 31.4 Å². The summed E-state index contributed by atoms with van der Waals surface area (Å²) in [5.41, 5.74) is 0.288. The largest absolute Gasteiger partial charge is 0.454 e. The van der Waals surface area contributed by atoms with E-state index in [1.165, 1.54) is 16.7 Å². The van der Waals surface area contributed by atoms with Crippen molar-refractivity contribution in [2.45, 2.75) is 64.2 Å². The zero-order chi connectivity index (χ0) is 27.4. The molecule has 5 rings (SSSR count). The van der Waals surface area contributed by atoms with E-state index in [-0.39, 0.29) is 60.7 Å². The molecule has 2 aliphatic rings. The van der Waals surface area contributed by atoms with Crippen LogP contribution in [0.3, 0.4) is 0 Å². The number of allylic oxidation sites excluding steroid dienone is 1. The Kier molecular flexibility index (Phi) is 7.81. The van der Waals surface area contributed by atoms with Gasteiger partial charge < -0.3 is 20.1 Å². The maximum atomic E-state index is 13.4. The predicted molar refractivity (Wildman–Crippen MR) is 146 cm³/mol. The van der Waals surface area contributed by atoms with Gasteiger partial charge in [-0.25, -0.2) is 4.79 Å². The molecule has 39 heavy (non-hydrogen) atoms. The lowest BCUT2D eigenvalue weighted by Gasteiger charge is -2.23. The summed E-state index contributed by atoms with van der Waals surface area (Å²) in [6, 6.07) is 10.1. The number of fused-ring (bicyclic) bond motifs is 2. The minimum absolute atomic E-state index is 0.0809. The van der Waals surface area contributed by atoms with Crippen molar-refractivity contribution in [1.29, 1.82) is 0 Å². The van der Waals surface area contributed by atoms with E-state index in [0.717, 1.165) is 42.2 Å². The fourth-order valence-electron chi connectivity index (χ4n) is 5.13. The van der Waals surface area contributed by atoms with E-state index in [4.69, 9.17) is 9.47 Å². The number of carbonyl (C=O) groups is 2. The normalized spacial score (nSPS) is 14.8. The highest BCUT2D eigenvalue weighted by atomic mass is 16.7. The van der Waals surface area contributed by atoms with Gasteiger partial charge in [-0.15, -0.1) is 6.58 Å². The number of rotatable bonds is 9. The van der Waals surface area contributed by atoms with Crippen molar-refractivity contribution < 1.29 is 19.1 Å². The molecule has 0 saturated heterocycles. The van der Waals surface area contributed by atoms with E-state index >= 15 is 0 Å². The fraction of sp³-hybridized carbons (Fsp3) is 0.379. The van der Waals surface area contributed by atoms with E-state index in [0.29, 0.717) is 17.9 Å². The van der Waals surface area contributed by atoms with Gasteiger partial charge in [-0.2, -0.15) is 0 Å². The van der Waals surface area contributed by atoms with Crippen molar-refractivity contribution in [3.8, 4) is 11.5 Å². The van der Waals surface area contributed by atoms with Crippen molar-refractivity contribution in [3.63, 3.8) is 0 Å². The summed E-state index contributed by atoms with van der Waals surface area (Å²) in [7, 11) is 0. The van der Waals surface area contributed by atoms with Gasteiger partial charge in [-0.1, -0.05) is 31.4 Å². The number of benzene rings is 2. The van der Waals surface area contributed by atoms with Gasteiger partial charge in [0.15, 0.2) is 11.5 Å². The van der Waals surface area contributed by atoms with Crippen molar-refractivity contribution in [1.82, 2.24) is 19.8 Å². The van der Waals surface area contributed by atoms with E-state index in [1.54, 1.807) is 24.3 Å². The van der Waals surface area contributed by atoms with Crippen molar-refractivity contribution in [3.05, 3.63) is 81.0 Å². The third-order valence-electron chi connectivity index (χ3n) is 7.21. The summed E-state index contributed by atoms with van der Waals surface area (Å²) in [6.07, 6.45) is 7.15. The number of aromatic nitrogens is 2. The van der Waals surface area contributed by atoms with Crippen LogP contribution in [0.2, 0.25) is 0 Å². The molecule has 2 N–H and O–H groups in total.